The van der Waals surface area contributed by atoms with E-state index < -0.39 is 10.8 Å². The van der Waals surface area contributed by atoms with Gasteiger partial charge < -0.3 is 14.5 Å². The lowest BCUT2D eigenvalue weighted by molar-refractivity contribution is 0.0951. The number of carbonyl (C=O) groups is 1. The Morgan fingerprint density at radius 2 is 1.94 bits per heavy atom. The second-order valence-corrected chi connectivity index (χ2v) is 8.76. The van der Waals surface area contributed by atoms with Crippen molar-refractivity contribution in [3.05, 3.63) is 95.6 Å². The summed E-state index contributed by atoms with van der Waals surface area (Å²) in [7, 11) is 0.288. The lowest BCUT2D eigenvalue weighted by atomic mass is 10.1. The SMILES string of the molecule is COc1cccc(S(=O)Cc2nc(-c3ccc(C(=O)NCc4cccnc4)cc3)oc2C)c1. The van der Waals surface area contributed by atoms with E-state index in [4.69, 9.17) is 9.15 Å². The largest absolute Gasteiger partial charge is 0.497 e. The van der Waals surface area contributed by atoms with Crippen LogP contribution in [0.3, 0.4) is 0 Å². The van der Waals surface area contributed by atoms with Crippen molar-refractivity contribution in [2.75, 3.05) is 7.11 Å². The van der Waals surface area contributed by atoms with Crippen molar-refractivity contribution in [1.82, 2.24) is 15.3 Å². The number of ether oxygens (including phenoxy) is 1. The predicted octanol–water partition coefficient (Wildman–Crippen LogP) is 4.29. The summed E-state index contributed by atoms with van der Waals surface area (Å²) in [5, 5.41) is 2.87. The summed E-state index contributed by atoms with van der Waals surface area (Å²) in [5.74, 6) is 1.75. The van der Waals surface area contributed by atoms with Crippen molar-refractivity contribution in [1.29, 1.82) is 0 Å². The molecule has 0 bridgehead atoms. The molecule has 4 aromatic rings. The topological polar surface area (TPSA) is 94.3 Å². The molecule has 168 valence electrons. The van der Waals surface area contributed by atoms with Gasteiger partial charge in [-0.1, -0.05) is 12.1 Å². The summed E-state index contributed by atoms with van der Waals surface area (Å²) in [6.07, 6.45) is 3.41. The van der Waals surface area contributed by atoms with Gasteiger partial charge in [-0.25, -0.2) is 4.98 Å². The van der Waals surface area contributed by atoms with E-state index >= 15 is 0 Å². The number of amides is 1. The standard InChI is InChI=1S/C25H23N3O4S/c1-17-23(16-33(30)22-7-3-6-21(13-22)31-2)28-25(32-17)20-10-8-19(9-11-20)24(29)27-15-18-5-4-12-26-14-18/h3-14H,15-16H2,1-2H3,(H,27,29). The van der Waals surface area contributed by atoms with Gasteiger partial charge >= 0.3 is 0 Å². The fraction of sp³-hybridized carbons (Fsp3) is 0.160. The molecule has 2 heterocycles. The number of pyridine rings is 1. The quantitative estimate of drug-likeness (QED) is 0.421. The van der Waals surface area contributed by atoms with Gasteiger partial charge in [0.2, 0.25) is 5.89 Å². The van der Waals surface area contributed by atoms with Crippen LogP contribution in [0.25, 0.3) is 11.5 Å². The van der Waals surface area contributed by atoms with Crippen LogP contribution in [0.15, 0.2) is 82.4 Å². The Morgan fingerprint density at radius 3 is 2.67 bits per heavy atom. The molecule has 4 rings (SSSR count). The van der Waals surface area contributed by atoms with E-state index in [9.17, 15) is 9.00 Å². The molecular weight excluding hydrogens is 438 g/mol. The third-order valence-electron chi connectivity index (χ3n) is 5.03. The van der Waals surface area contributed by atoms with Crippen LogP contribution in [-0.4, -0.2) is 27.2 Å². The number of hydrogen-bond donors (Lipinski definition) is 1. The third-order valence-corrected chi connectivity index (χ3v) is 6.35. The highest BCUT2D eigenvalue weighted by Gasteiger charge is 2.16. The summed E-state index contributed by atoms with van der Waals surface area (Å²) in [6.45, 7) is 2.20. The molecule has 0 saturated heterocycles. The fourth-order valence-electron chi connectivity index (χ4n) is 3.19. The van der Waals surface area contributed by atoms with E-state index in [0.717, 1.165) is 11.1 Å². The first kappa shape index (κ1) is 22.4. The first-order valence-corrected chi connectivity index (χ1v) is 11.6. The van der Waals surface area contributed by atoms with Gasteiger partial charge in [0.1, 0.15) is 11.5 Å². The Labute approximate surface area is 194 Å². The van der Waals surface area contributed by atoms with Crippen molar-refractivity contribution in [3.8, 4) is 17.2 Å². The Hall–Kier alpha value is -3.78. The second-order valence-electron chi connectivity index (χ2n) is 7.31. The van der Waals surface area contributed by atoms with Gasteiger partial charge in [0.05, 0.1) is 29.4 Å². The number of oxazole rings is 1. The normalized spacial score (nSPS) is 11.7. The molecule has 0 spiro atoms. The number of methoxy groups -OCH3 is 1. The molecule has 2 aromatic carbocycles. The summed E-state index contributed by atoms with van der Waals surface area (Å²) in [4.78, 5) is 21.7. The van der Waals surface area contributed by atoms with Gasteiger partial charge in [-0.15, -0.1) is 0 Å². The van der Waals surface area contributed by atoms with E-state index in [0.29, 0.717) is 40.1 Å². The number of benzene rings is 2. The Bertz CT molecular complexity index is 1270. The van der Waals surface area contributed by atoms with Crippen molar-refractivity contribution in [2.45, 2.75) is 24.1 Å². The van der Waals surface area contributed by atoms with Gasteiger partial charge in [0.25, 0.3) is 5.91 Å². The molecule has 2 aromatic heterocycles. The van der Waals surface area contributed by atoms with E-state index in [1.54, 1.807) is 62.8 Å². The van der Waals surface area contributed by atoms with E-state index in [2.05, 4.69) is 15.3 Å². The number of nitrogens with one attached hydrogen (secondary N) is 1. The van der Waals surface area contributed by atoms with Crippen LogP contribution in [0.1, 0.15) is 27.4 Å². The Kier molecular flexibility index (Phi) is 6.95. The van der Waals surface area contributed by atoms with Gasteiger partial charge in [-0.3, -0.25) is 14.0 Å². The maximum Gasteiger partial charge on any atom is 0.251 e. The average Bonchev–Trinajstić information content (AvgIpc) is 3.23. The zero-order valence-corrected chi connectivity index (χ0v) is 19.1. The molecular formula is C25H23N3O4S. The fourth-order valence-corrected chi connectivity index (χ4v) is 4.35. The number of aromatic nitrogens is 2. The van der Waals surface area contributed by atoms with Crippen LogP contribution in [0.5, 0.6) is 5.75 Å². The van der Waals surface area contributed by atoms with Gasteiger partial charge in [-0.05, 0) is 61.0 Å². The maximum absolute atomic E-state index is 12.8. The molecule has 33 heavy (non-hydrogen) atoms. The predicted molar refractivity (Wildman–Crippen MR) is 125 cm³/mol. The molecule has 8 heteroatoms. The zero-order valence-electron chi connectivity index (χ0n) is 18.3. The van der Waals surface area contributed by atoms with Crippen molar-refractivity contribution < 1.29 is 18.2 Å². The van der Waals surface area contributed by atoms with E-state index in [1.807, 2.05) is 24.3 Å². The molecule has 0 fully saturated rings. The van der Waals surface area contributed by atoms with Crippen LogP contribution in [-0.2, 0) is 23.1 Å². The first-order valence-electron chi connectivity index (χ1n) is 10.3. The average molecular weight is 462 g/mol. The van der Waals surface area contributed by atoms with Crippen molar-refractivity contribution in [3.63, 3.8) is 0 Å². The highest BCUT2D eigenvalue weighted by atomic mass is 32.2. The number of aryl methyl sites for hydroxylation is 1. The van der Waals surface area contributed by atoms with Crippen LogP contribution < -0.4 is 10.1 Å². The van der Waals surface area contributed by atoms with E-state index in [1.165, 1.54) is 0 Å². The molecule has 0 aliphatic rings. The Balaban J connectivity index is 1.42. The zero-order chi connectivity index (χ0) is 23.2. The number of carbonyl (C=O) groups excluding carboxylic acids is 1. The molecule has 7 nitrogen and oxygen atoms in total. The third kappa shape index (κ3) is 5.53. The van der Waals surface area contributed by atoms with Gasteiger partial charge in [0.15, 0.2) is 0 Å². The molecule has 1 atom stereocenters. The van der Waals surface area contributed by atoms with Gasteiger partial charge in [0, 0.05) is 35.0 Å². The monoisotopic (exact) mass is 461 g/mol. The number of rotatable bonds is 8. The maximum atomic E-state index is 12.8. The lowest BCUT2D eigenvalue weighted by Gasteiger charge is -2.05. The molecule has 0 saturated carbocycles. The summed E-state index contributed by atoms with van der Waals surface area (Å²) >= 11 is 0. The number of nitrogens with zero attached hydrogens (tertiary/aromatic N) is 2. The van der Waals surface area contributed by atoms with Crippen molar-refractivity contribution >= 4 is 16.7 Å². The molecule has 0 aliphatic carbocycles. The van der Waals surface area contributed by atoms with Crippen LogP contribution >= 0.6 is 0 Å². The molecule has 1 amide bonds. The summed E-state index contributed by atoms with van der Waals surface area (Å²) in [5.41, 5.74) is 2.83. The lowest BCUT2D eigenvalue weighted by Crippen LogP contribution is -2.22. The Morgan fingerprint density at radius 1 is 1.12 bits per heavy atom. The van der Waals surface area contributed by atoms with E-state index in [-0.39, 0.29) is 11.7 Å². The van der Waals surface area contributed by atoms with Crippen LogP contribution in [0, 0.1) is 6.92 Å². The van der Waals surface area contributed by atoms with Gasteiger partial charge in [-0.2, -0.15) is 0 Å². The smallest absolute Gasteiger partial charge is 0.251 e. The summed E-state index contributed by atoms with van der Waals surface area (Å²) in [6, 6.07) is 17.9. The molecule has 1 N–H and O–H groups in total. The van der Waals surface area contributed by atoms with Crippen molar-refractivity contribution in [2.24, 2.45) is 0 Å². The minimum Gasteiger partial charge on any atom is -0.497 e. The number of hydrogen-bond acceptors (Lipinski definition) is 6. The first-order chi connectivity index (χ1) is 16.0. The highest BCUT2D eigenvalue weighted by molar-refractivity contribution is 7.84. The minimum absolute atomic E-state index is 0.177. The molecule has 0 aliphatic heterocycles. The second kappa shape index (κ2) is 10.2. The van der Waals surface area contributed by atoms with Crippen LogP contribution in [0.4, 0.5) is 0 Å². The molecule has 1 unspecified atom stereocenters. The minimum atomic E-state index is -1.29. The highest BCUT2D eigenvalue weighted by Crippen LogP contribution is 2.25. The van der Waals surface area contributed by atoms with Crippen LogP contribution in [0.2, 0.25) is 0 Å². The molecule has 0 radical (unpaired) electrons. The summed E-state index contributed by atoms with van der Waals surface area (Å²) < 4.78 is 23.8.